The normalized spacial score (nSPS) is 11.2. The van der Waals surface area contributed by atoms with Crippen LogP contribution in [-0.4, -0.2) is 17.5 Å². The summed E-state index contributed by atoms with van der Waals surface area (Å²) in [4.78, 5) is 23.5. The van der Waals surface area contributed by atoms with Gasteiger partial charge in [-0.05, 0) is 37.3 Å². The van der Waals surface area contributed by atoms with Crippen molar-refractivity contribution in [3.63, 3.8) is 0 Å². The second-order valence-corrected chi connectivity index (χ2v) is 5.46. The first kappa shape index (κ1) is 17.1. The fourth-order valence-corrected chi connectivity index (χ4v) is 2.12. The quantitative estimate of drug-likeness (QED) is 0.634. The topological polar surface area (TPSA) is 83.7 Å². The van der Waals surface area contributed by atoms with Gasteiger partial charge in [-0.1, -0.05) is 23.2 Å². The molecular formula is C15H13Cl2N3O3. The van der Waals surface area contributed by atoms with Crippen LogP contribution in [0.4, 0.5) is 5.69 Å². The summed E-state index contributed by atoms with van der Waals surface area (Å²) >= 11 is 11.8. The number of anilines is 1. The van der Waals surface area contributed by atoms with E-state index in [-0.39, 0.29) is 18.1 Å². The number of furan rings is 1. The SMILES string of the molecule is C/C(CC(=O)Nc1ccc(Cl)cc1Cl)=N/NC(=O)c1ccco1. The van der Waals surface area contributed by atoms with Gasteiger partial charge in [-0.15, -0.1) is 0 Å². The average Bonchev–Trinajstić information content (AvgIpc) is 3.02. The summed E-state index contributed by atoms with van der Waals surface area (Å²) in [5.74, 6) is -0.669. The van der Waals surface area contributed by atoms with E-state index in [9.17, 15) is 9.59 Å². The van der Waals surface area contributed by atoms with Gasteiger partial charge < -0.3 is 9.73 Å². The summed E-state index contributed by atoms with van der Waals surface area (Å²) in [6.45, 7) is 1.62. The standard InChI is InChI=1S/C15H13Cl2N3O3/c1-9(19-20-15(22)13-3-2-6-23-13)7-14(21)18-12-5-4-10(16)8-11(12)17/h2-6,8H,7H2,1H3,(H,18,21)(H,20,22)/b19-9-. The molecule has 0 spiro atoms. The van der Waals surface area contributed by atoms with E-state index >= 15 is 0 Å². The van der Waals surface area contributed by atoms with Crippen LogP contribution in [0.15, 0.2) is 46.1 Å². The maximum Gasteiger partial charge on any atom is 0.307 e. The van der Waals surface area contributed by atoms with Crippen molar-refractivity contribution < 1.29 is 14.0 Å². The number of carbonyl (C=O) groups excluding carboxylic acids is 2. The maximum atomic E-state index is 11.9. The largest absolute Gasteiger partial charge is 0.459 e. The number of hydrazone groups is 1. The Morgan fingerprint density at radius 1 is 1.26 bits per heavy atom. The number of nitrogens with zero attached hydrogens (tertiary/aromatic N) is 1. The van der Waals surface area contributed by atoms with Crippen molar-refractivity contribution in [2.45, 2.75) is 13.3 Å². The first-order chi connectivity index (χ1) is 11.0. The third-order valence-corrected chi connectivity index (χ3v) is 3.26. The monoisotopic (exact) mass is 353 g/mol. The first-order valence-electron chi connectivity index (χ1n) is 6.57. The fourth-order valence-electron chi connectivity index (χ4n) is 1.67. The zero-order valence-electron chi connectivity index (χ0n) is 12.1. The van der Waals surface area contributed by atoms with Crippen LogP contribution in [0.2, 0.25) is 10.0 Å². The van der Waals surface area contributed by atoms with Gasteiger partial charge >= 0.3 is 5.91 Å². The molecule has 2 aromatic rings. The maximum absolute atomic E-state index is 11.9. The molecule has 1 heterocycles. The van der Waals surface area contributed by atoms with Crippen molar-refractivity contribution >= 4 is 46.4 Å². The smallest absolute Gasteiger partial charge is 0.307 e. The molecule has 120 valence electrons. The second kappa shape index (κ2) is 7.80. The second-order valence-electron chi connectivity index (χ2n) is 4.61. The Hall–Kier alpha value is -2.31. The molecule has 1 aromatic carbocycles. The van der Waals surface area contributed by atoms with Crippen molar-refractivity contribution in [1.29, 1.82) is 0 Å². The molecule has 23 heavy (non-hydrogen) atoms. The van der Waals surface area contributed by atoms with E-state index in [1.807, 2.05) is 0 Å². The molecule has 0 atom stereocenters. The van der Waals surface area contributed by atoms with Gasteiger partial charge in [-0.3, -0.25) is 9.59 Å². The minimum Gasteiger partial charge on any atom is -0.459 e. The van der Waals surface area contributed by atoms with Crippen LogP contribution in [0.25, 0.3) is 0 Å². The number of nitrogens with one attached hydrogen (secondary N) is 2. The van der Waals surface area contributed by atoms with Crippen LogP contribution < -0.4 is 10.7 Å². The van der Waals surface area contributed by atoms with Crippen LogP contribution in [0.5, 0.6) is 0 Å². The van der Waals surface area contributed by atoms with Crippen LogP contribution in [0.3, 0.4) is 0 Å². The van der Waals surface area contributed by atoms with Gasteiger partial charge in [0.15, 0.2) is 5.76 Å². The summed E-state index contributed by atoms with van der Waals surface area (Å²) in [6.07, 6.45) is 1.38. The molecule has 1 aromatic heterocycles. The number of hydrogen-bond donors (Lipinski definition) is 2. The summed E-state index contributed by atoms with van der Waals surface area (Å²) in [7, 11) is 0. The number of hydrogen-bond acceptors (Lipinski definition) is 4. The van der Waals surface area contributed by atoms with Gasteiger partial charge in [0.1, 0.15) is 0 Å². The molecular weight excluding hydrogens is 341 g/mol. The van der Waals surface area contributed by atoms with Crippen molar-refractivity contribution in [2.24, 2.45) is 5.10 Å². The van der Waals surface area contributed by atoms with Crippen molar-refractivity contribution in [3.05, 3.63) is 52.4 Å². The number of benzene rings is 1. The van der Waals surface area contributed by atoms with Crippen molar-refractivity contribution in [3.8, 4) is 0 Å². The number of amides is 2. The lowest BCUT2D eigenvalue weighted by atomic mass is 10.2. The van der Waals surface area contributed by atoms with E-state index in [1.165, 1.54) is 18.4 Å². The van der Waals surface area contributed by atoms with E-state index < -0.39 is 5.91 Å². The molecule has 0 bridgehead atoms. The van der Waals surface area contributed by atoms with Crippen LogP contribution in [-0.2, 0) is 4.79 Å². The van der Waals surface area contributed by atoms with Gasteiger partial charge in [0.2, 0.25) is 5.91 Å². The Balaban J connectivity index is 1.89. The van der Waals surface area contributed by atoms with Gasteiger partial charge in [-0.2, -0.15) is 5.10 Å². The zero-order valence-corrected chi connectivity index (χ0v) is 13.6. The highest BCUT2D eigenvalue weighted by atomic mass is 35.5. The van der Waals surface area contributed by atoms with E-state index in [0.29, 0.717) is 21.4 Å². The molecule has 0 fully saturated rings. The number of carbonyl (C=O) groups is 2. The summed E-state index contributed by atoms with van der Waals surface area (Å²) < 4.78 is 4.92. The predicted octanol–water partition coefficient (Wildman–Crippen LogP) is 3.72. The average molecular weight is 354 g/mol. The van der Waals surface area contributed by atoms with Crippen LogP contribution in [0.1, 0.15) is 23.9 Å². The highest BCUT2D eigenvalue weighted by Crippen LogP contribution is 2.25. The van der Waals surface area contributed by atoms with Gasteiger partial charge in [0.25, 0.3) is 0 Å². The Morgan fingerprint density at radius 3 is 2.70 bits per heavy atom. The summed E-state index contributed by atoms with van der Waals surface area (Å²) in [5, 5.41) is 7.30. The Morgan fingerprint density at radius 2 is 2.04 bits per heavy atom. The molecule has 6 nitrogen and oxygen atoms in total. The third kappa shape index (κ3) is 5.12. The molecule has 0 aliphatic rings. The molecule has 0 unspecified atom stereocenters. The van der Waals surface area contributed by atoms with E-state index in [2.05, 4.69) is 15.8 Å². The van der Waals surface area contributed by atoms with E-state index in [1.54, 1.807) is 25.1 Å². The summed E-state index contributed by atoms with van der Waals surface area (Å²) in [6, 6.07) is 7.86. The van der Waals surface area contributed by atoms with Gasteiger partial charge in [-0.25, -0.2) is 5.43 Å². The van der Waals surface area contributed by atoms with Crippen LogP contribution >= 0.6 is 23.2 Å². The Labute approximate surface area is 142 Å². The molecule has 2 amide bonds. The van der Waals surface area contributed by atoms with Crippen molar-refractivity contribution in [1.82, 2.24) is 5.43 Å². The number of halogens is 2. The lowest BCUT2D eigenvalue weighted by Crippen LogP contribution is -2.21. The molecule has 2 rings (SSSR count). The molecule has 8 heteroatoms. The number of rotatable bonds is 5. The third-order valence-electron chi connectivity index (χ3n) is 2.71. The van der Waals surface area contributed by atoms with Gasteiger partial charge in [0.05, 0.1) is 23.4 Å². The lowest BCUT2D eigenvalue weighted by molar-refractivity contribution is -0.115. The Kier molecular flexibility index (Phi) is 5.78. The highest BCUT2D eigenvalue weighted by molar-refractivity contribution is 6.36. The van der Waals surface area contributed by atoms with E-state index in [4.69, 9.17) is 27.6 Å². The predicted molar refractivity (Wildman–Crippen MR) is 89.0 cm³/mol. The van der Waals surface area contributed by atoms with E-state index in [0.717, 1.165) is 0 Å². The minimum atomic E-state index is -0.490. The molecule has 0 saturated heterocycles. The fraction of sp³-hybridized carbons (Fsp3) is 0.133. The molecule has 0 aliphatic heterocycles. The minimum absolute atomic E-state index is 0.00259. The molecule has 2 N–H and O–H groups in total. The van der Waals surface area contributed by atoms with Gasteiger partial charge in [0, 0.05) is 10.7 Å². The summed E-state index contributed by atoms with van der Waals surface area (Å²) in [5.41, 5.74) is 3.18. The first-order valence-corrected chi connectivity index (χ1v) is 7.33. The van der Waals surface area contributed by atoms with Crippen molar-refractivity contribution in [2.75, 3.05) is 5.32 Å². The zero-order chi connectivity index (χ0) is 16.8. The molecule has 0 saturated carbocycles. The lowest BCUT2D eigenvalue weighted by Gasteiger charge is -2.07. The molecule has 0 aliphatic carbocycles. The highest BCUT2D eigenvalue weighted by Gasteiger charge is 2.10. The molecule has 0 radical (unpaired) electrons. The Bertz CT molecular complexity index is 742. The van der Waals surface area contributed by atoms with Crippen LogP contribution in [0, 0.1) is 0 Å².